The molecule has 0 bridgehead atoms. The van der Waals surface area contributed by atoms with Gasteiger partial charge < -0.3 is 15.1 Å². The van der Waals surface area contributed by atoms with Gasteiger partial charge in [-0.05, 0) is 44.2 Å². The molecular weight excluding hydrogens is 402 g/mol. The number of piperazine rings is 1. The van der Waals surface area contributed by atoms with Crippen molar-refractivity contribution >= 4 is 24.2 Å². The van der Waals surface area contributed by atoms with Crippen LogP contribution in [0.4, 0.5) is 0 Å². The van der Waals surface area contributed by atoms with E-state index >= 15 is 0 Å². The molecule has 1 aromatic heterocycles. The molecule has 2 amide bonds. The highest BCUT2D eigenvalue weighted by atomic mass is 35.5. The minimum Gasteiger partial charge on any atom is -0.336 e. The van der Waals surface area contributed by atoms with Crippen LogP contribution in [0.2, 0.25) is 0 Å². The number of hydrogen-bond donors (Lipinski definition) is 1. The molecule has 1 aliphatic carbocycles. The molecule has 2 aliphatic heterocycles. The van der Waals surface area contributed by atoms with E-state index in [1.807, 2.05) is 44.8 Å². The topological polar surface area (TPSA) is 70.5 Å². The third kappa shape index (κ3) is 3.72. The maximum absolute atomic E-state index is 13.4. The number of benzene rings is 1. The predicted molar refractivity (Wildman–Crippen MR) is 116 cm³/mol. The van der Waals surface area contributed by atoms with Crippen molar-refractivity contribution in [3.05, 3.63) is 47.3 Å². The number of carbonyl (C=O) groups is 2. The van der Waals surface area contributed by atoms with E-state index in [2.05, 4.69) is 5.32 Å². The number of piperidine rings is 1. The number of fused-ring (bicyclic) bond motifs is 1. The van der Waals surface area contributed by atoms with Crippen LogP contribution in [0.1, 0.15) is 41.0 Å². The van der Waals surface area contributed by atoms with Gasteiger partial charge in [-0.2, -0.15) is 5.10 Å². The second-order valence-electron chi connectivity index (χ2n) is 8.19. The SMILES string of the molecule is Cl.O=C(c1nn(-c2ccccc2)c2c1CCC2)N1CCCC(N2CCNCC2=O)C1. The van der Waals surface area contributed by atoms with E-state index in [1.54, 1.807) is 0 Å². The summed E-state index contributed by atoms with van der Waals surface area (Å²) in [7, 11) is 0. The highest BCUT2D eigenvalue weighted by Gasteiger charge is 2.35. The van der Waals surface area contributed by atoms with Gasteiger partial charge in [-0.1, -0.05) is 18.2 Å². The summed E-state index contributed by atoms with van der Waals surface area (Å²) >= 11 is 0. The molecule has 0 spiro atoms. The van der Waals surface area contributed by atoms with Gasteiger partial charge in [0.25, 0.3) is 5.91 Å². The van der Waals surface area contributed by atoms with E-state index in [0.29, 0.717) is 18.8 Å². The fourth-order valence-corrected chi connectivity index (χ4v) is 4.94. The smallest absolute Gasteiger partial charge is 0.274 e. The molecule has 160 valence electrons. The minimum absolute atomic E-state index is 0. The van der Waals surface area contributed by atoms with Gasteiger partial charge in [-0.3, -0.25) is 9.59 Å². The molecule has 30 heavy (non-hydrogen) atoms. The molecule has 2 saturated heterocycles. The number of nitrogens with one attached hydrogen (secondary N) is 1. The Morgan fingerprint density at radius 2 is 1.93 bits per heavy atom. The van der Waals surface area contributed by atoms with Crippen LogP contribution >= 0.6 is 12.4 Å². The fourth-order valence-electron chi connectivity index (χ4n) is 4.94. The first kappa shape index (κ1) is 20.9. The lowest BCUT2D eigenvalue weighted by molar-refractivity contribution is -0.135. The average molecular weight is 430 g/mol. The molecule has 3 aliphatic rings. The number of aromatic nitrogens is 2. The van der Waals surface area contributed by atoms with Crippen LogP contribution in [0.25, 0.3) is 5.69 Å². The summed E-state index contributed by atoms with van der Waals surface area (Å²) in [6.07, 6.45) is 4.83. The molecule has 1 N–H and O–H groups in total. The number of amides is 2. The van der Waals surface area contributed by atoms with Gasteiger partial charge in [0.15, 0.2) is 5.69 Å². The summed E-state index contributed by atoms with van der Waals surface area (Å²) in [6.45, 7) is 3.30. The van der Waals surface area contributed by atoms with Gasteiger partial charge in [0.05, 0.1) is 12.2 Å². The number of hydrogen-bond acceptors (Lipinski definition) is 4. The van der Waals surface area contributed by atoms with E-state index < -0.39 is 0 Å². The number of nitrogens with zero attached hydrogens (tertiary/aromatic N) is 4. The molecule has 8 heteroatoms. The molecule has 2 aromatic rings. The van der Waals surface area contributed by atoms with Gasteiger partial charge in [-0.25, -0.2) is 4.68 Å². The van der Waals surface area contributed by atoms with Crippen LogP contribution < -0.4 is 5.32 Å². The van der Waals surface area contributed by atoms with Crippen LogP contribution in [-0.4, -0.2) is 70.2 Å². The van der Waals surface area contributed by atoms with Crippen molar-refractivity contribution in [3.63, 3.8) is 0 Å². The van der Waals surface area contributed by atoms with Crippen LogP contribution in [0.3, 0.4) is 0 Å². The first-order valence-electron chi connectivity index (χ1n) is 10.7. The molecule has 1 unspecified atom stereocenters. The van der Waals surface area contributed by atoms with Crippen LogP contribution in [0, 0.1) is 0 Å². The van der Waals surface area contributed by atoms with Crippen molar-refractivity contribution < 1.29 is 9.59 Å². The summed E-state index contributed by atoms with van der Waals surface area (Å²) in [4.78, 5) is 29.6. The molecule has 2 fully saturated rings. The minimum atomic E-state index is 0. The quantitative estimate of drug-likeness (QED) is 0.808. The fraction of sp³-hybridized carbons (Fsp3) is 0.500. The van der Waals surface area contributed by atoms with Gasteiger partial charge in [-0.15, -0.1) is 12.4 Å². The maximum Gasteiger partial charge on any atom is 0.274 e. The Kier molecular flexibility index (Phi) is 6.11. The highest BCUT2D eigenvalue weighted by Crippen LogP contribution is 2.29. The lowest BCUT2D eigenvalue weighted by Crippen LogP contribution is -2.57. The third-order valence-corrected chi connectivity index (χ3v) is 6.38. The summed E-state index contributed by atoms with van der Waals surface area (Å²) in [5.74, 6) is 0.162. The van der Waals surface area contributed by atoms with Crippen molar-refractivity contribution in [1.29, 1.82) is 0 Å². The third-order valence-electron chi connectivity index (χ3n) is 6.38. The zero-order valence-corrected chi connectivity index (χ0v) is 17.9. The number of carbonyl (C=O) groups excluding carboxylic acids is 2. The zero-order valence-electron chi connectivity index (χ0n) is 17.0. The number of rotatable bonds is 3. The normalized spacial score (nSPS) is 21.3. The number of halogens is 1. The predicted octanol–water partition coefficient (Wildman–Crippen LogP) is 1.82. The molecule has 1 aromatic carbocycles. The Balaban J connectivity index is 0.00000218. The molecular formula is C22H28ClN5O2. The Hall–Kier alpha value is -2.38. The van der Waals surface area contributed by atoms with Gasteiger partial charge in [0, 0.05) is 43.5 Å². The van der Waals surface area contributed by atoms with Gasteiger partial charge in [0.1, 0.15) is 0 Å². The Labute approximate surface area is 182 Å². The van der Waals surface area contributed by atoms with Crippen molar-refractivity contribution in [2.24, 2.45) is 0 Å². The second-order valence-corrected chi connectivity index (χ2v) is 8.19. The molecule has 1 atom stereocenters. The lowest BCUT2D eigenvalue weighted by Gasteiger charge is -2.41. The molecule has 3 heterocycles. The standard InChI is InChI=1S/C22H27N5O2.ClH/c28-20-14-23-11-13-26(20)17-8-5-12-25(15-17)22(29)21-18-9-4-10-19(18)27(24-21)16-6-2-1-3-7-16;/h1-3,6-7,17,23H,4-5,8-15H2;1H. The van der Waals surface area contributed by atoms with Gasteiger partial charge >= 0.3 is 0 Å². The second kappa shape index (κ2) is 8.78. The van der Waals surface area contributed by atoms with E-state index in [-0.39, 0.29) is 30.3 Å². The highest BCUT2D eigenvalue weighted by molar-refractivity contribution is 5.94. The first-order valence-corrected chi connectivity index (χ1v) is 10.7. The average Bonchev–Trinajstić information content (AvgIpc) is 3.37. The molecule has 0 saturated carbocycles. The maximum atomic E-state index is 13.4. The molecule has 5 rings (SSSR count). The Morgan fingerprint density at radius 3 is 2.73 bits per heavy atom. The van der Waals surface area contributed by atoms with E-state index in [1.165, 1.54) is 5.69 Å². The number of likely N-dealkylation sites (tertiary alicyclic amines) is 1. The largest absolute Gasteiger partial charge is 0.336 e. The van der Waals surface area contributed by atoms with Crippen LogP contribution in [0.5, 0.6) is 0 Å². The van der Waals surface area contributed by atoms with E-state index in [4.69, 9.17) is 5.10 Å². The Morgan fingerprint density at radius 1 is 1.10 bits per heavy atom. The van der Waals surface area contributed by atoms with Crippen LogP contribution in [0.15, 0.2) is 30.3 Å². The van der Waals surface area contributed by atoms with Crippen molar-refractivity contribution in [2.45, 2.75) is 38.1 Å². The van der Waals surface area contributed by atoms with Crippen molar-refractivity contribution in [3.8, 4) is 5.69 Å². The van der Waals surface area contributed by atoms with E-state index in [0.717, 1.165) is 63.0 Å². The summed E-state index contributed by atoms with van der Waals surface area (Å²) in [5, 5.41) is 7.89. The monoisotopic (exact) mass is 429 g/mol. The zero-order chi connectivity index (χ0) is 19.8. The summed E-state index contributed by atoms with van der Waals surface area (Å²) < 4.78 is 1.96. The first-order chi connectivity index (χ1) is 14.2. The van der Waals surface area contributed by atoms with Crippen molar-refractivity contribution in [1.82, 2.24) is 24.9 Å². The van der Waals surface area contributed by atoms with Gasteiger partial charge in [0.2, 0.25) is 5.91 Å². The van der Waals surface area contributed by atoms with Crippen LogP contribution in [-0.2, 0) is 17.6 Å². The lowest BCUT2D eigenvalue weighted by atomic mass is 10.0. The molecule has 7 nitrogen and oxygen atoms in total. The number of para-hydroxylation sites is 1. The summed E-state index contributed by atoms with van der Waals surface area (Å²) in [5.41, 5.74) is 3.89. The van der Waals surface area contributed by atoms with Crippen molar-refractivity contribution in [2.75, 3.05) is 32.7 Å². The van der Waals surface area contributed by atoms with E-state index in [9.17, 15) is 9.59 Å². The Bertz CT molecular complexity index is 929. The molecule has 0 radical (unpaired) electrons. The summed E-state index contributed by atoms with van der Waals surface area (Å²) in [6, 6.07) is 10.2.